The van der Waals surface area contributed by atoms with Gasteiger partial charge in [0.05, 0.1) is 5.02 Å². The second-order valence-corrected chi connectivity index (χ2v) is 5.91. The molecule has 3 rings (SSSR count). The maximum Gasteiger partial charge on any atom is 0.152 e. The number of pyridine rings is 1. The second kappa shape index (κ2) is 6.11. The first-order chi connectivity index (χ1) is 10.5. The third-order valence-corrected chi connectivity index (χ3v) is 4.01. The molecule has 0 saturated carbocycles. The summed E-state index contributed by atoms with van der Waals surface area (Å²) in [6, 6.07) is 12.7. The molecule has 0 aliphatic heterocycles. The van der Waals surface area contributed by atoms with Gasteiger partial charge >= 0.3 is 0 Å². The van der Waals surface area contributed by atoms with Crippen LogP contribution < -0.4 is 5.32 Å². The molecule has 1 N–H and O–H groups in total. The van der Waals surface area contributed by atoms with Crippen LogP contribution in [0.15, 0.2) is 42.5 Å². The molecular weight excluding hydrogens is 322 g/mol. The number of halogens is 3. The van der Waals surface area contributed by atoms with Gasteiger partial charge in [0, 0.05) is 17.0 Å². The van der Waals surface area contributed by atoms with Crippen LogP contribution in [0.3, 0.4) is 0 Å². The minimum atomic E-state index is -0.338. The number of nitrogens with zero attached hydrogens (tertiary/aromatic N) is 1. The smallest absolute Gasteiger partial charge is 0.152 e. The van der Waals surface area contributed by atoms with E-state index in [4.69, 9.17) is 23.2 Å². The standard InChI is InChI=1S/C17H13Cl2FN2/c1-10-2-7-13-14(19)8-15(22-17(13)16(10)20)21-9-11-3-5-12(18)6-4-11/h2-8H,9H2,1H3,(H,21,22). The zero-order chi connectivity index (χ0) is 15.7. The molecule has 0 bridgehead atoms. The van der Waals surface area contributed by atoms with Crippen LogP contribution in [0.1, 0.15) is 11.1 Å². The van der Waals surface area contributed by atoms with E-state index in [0.29, 0.717) is 33.4 Å². The summed E-state index contributed by atoms with van der Waals surface area (Å²) in [5, 5.41) is 4.93. The molecule has 3 aromatic rings. The Kier molecular flexibility index (Phi) is 4.19. The molecule has 2 aromatic carbocycles. The molecule has 0 radical (unpaired) electrons. The zero-order valence-electron chi connectivity index (χ0n) is 11.8. The summed E-state index contributed by atoms with van der Waals surface area (Å²) in [5.74, 6) is 0.200. The van der Waals surface area contributed by atoms with Gasteiger partial charge < -0.3 is 5.32 Å². The summed E-state index contributed by atoms with van der Waals surface area (Å²) in [7, 11) is 0. The number of rotatable bonds is 3. The molecule has 0 spiro atoms. The zero-order valence-corrected chi connectivity index (χ0v) is 13.3. The molecule has 0 aliphatic rings. The lowest BCUT2D eigenvalue weighted by Crippen LogP contribution is -2.02. The summed E-state index contributed by atoms with van der Waals surface area (Å²) in [4.78, 5) is 4.33. The van der Waals surface area contributed by atoms with Crippen molar-refractivity contribution in [2.45, 2.75) is 13.5 Å². The van der Waals surface area contributed by atoms with Crippen molar-refractivity contribution in [2.75, 3.05) is 5.32 Å². The monoisotopic (exact) mass is 334 g/mol. The quantitative estimate of drug-likeness (QED) is 0.674. The van der Waals surface area contributed by atoms with Crippen LogP contribution >= 0.6 is 23.2 Å². The third-order valence-electron chi connectivity index (χ3n) is 3.45. The van der Waals surface area contributed by atoms with Gasteiger partial charge in [0.25, 0.3) is 0 Å². The predicted octanol–water partition coefficient (Wildman–Crippen LogP) is 5.60. The number of anilines is 1. The van der Waals surface area contributed by atoms with Gasteiger partial charge in [-0.25, -0.2) is 9.37 Å². The van der Waals surface area contributed by atoms with Crippen molar-refractivity contribution in [3.63, 3.8) is 0 Å². The molecule has 112 valence electrons. The second-order valence-electron chi connectivity index (χ2n) is 5.06. The Morgan fingerprint density at radius 3 is 2.55 bits per heavy atom. The normalized spacial score (nSPS) is 10.9. The first kappa shape index (κ1) is 15.1. The van der Waals surface area contributed by atoms with Crippen molar-refractivity contribution < 1.29 is 4.39 Å². The molecule has 1 aromatic heterocycles. The maximum absolute atomic E-state index is 14.2. The summed E-state index contributed by atoms with van der Waals surface area (Å²) in [6.07, 6.45) is 0. The van der Waals surface area contributed by atoms with Crippen LogP contribution in [-0.4, -0.2) is 4.98 Å². The lowest BCUT2D eigenvalue weighted by molar-refractivity contribution is 0.628. The molecular formula is C17H13Cl2FN2. The molecule has 0 unspecified atom stereocenters. The van der Waals surface area contributed by atoms with E-state index >= 15 is 0 Å². The Morgan fingerprint density at radius 2 is 1.82 bits per heavy atom. The predicted molar refractivity (Wildman–Crippen MR) is 90.2 cm³/mol. The lowest BCUT2D eigenvalue weighted by Gasteiger charge is -2.10. The van der Waals surface area contributed by atoms with Gasteiger partial charge in [-0.15, -0.1) is 0 Å². The van der Waals surface area contributed by atoms with Gasteiger partial charge in [-0.3, -0.25) is 0 Å². The summed E-state index contributed by atoms with van der Waals surface area (Å²) < 4.78 is 14.2. The van der Waals surface area contributed by atoms with Crippen molar-refractivity contribution >= 4 is 39.9 Å². The molecule has 0 saturated heterocycles. The minimum Gasteiger partial charge on any atom is -0.366 e. The first-order valence-corrected chi connectivity index (χ1v) is 7.54. The maximum atomic E-state index is 14.2. The summed E-state index contributed by atoms with van der Waals surface area (Å²) in [6.45, 7) is 2.26. The van der Waals surface area contributed by atoms with Crippen molar-refractivity contribution in [3.8, 4) is 0 Å². The van der Waals surface area contributed by atoms with Gasteiger partial charge in [0.15, 0.2) is 5.82 Å². The number of hydrogen-bond donors (Lipinski definition) is 1. The number of benzene rings is 2. The van der Waals surface area contributed by atoms with Crippen molar-refractivity contribution in [3.05, 3.63) is 69.5 Å². The fourth-order valence-corrected chi connectivity index (χ4v) is 2.59. The van der Waals surface area contributed by atoms with Gasteiger partial charge in [0.1, 0.15) is 11.3 Å². The summed E-state index contributed by atoms with van der Waals surface area (Å²) in [5.41, 5.74) is 1.88. The fourth-order valence-electron chi connectivity index (χ4n) is 2.20. The van der Waals surface area contributed by atoms with Crippen molar-refractivity contribution in [1.82, 2.24) is 4.98 Å². The number of nitrogens with one attached hydrogen (secondary N) is 1. The Bertz CT molecular complexity index is 832. The summed E-state index contributed by atoms with van der Waals surface area (Å²) >= 11 is 12.1. The van der Waals surface area contributed by atoms with E-state index in [-0.39, 0.29) is 11.3 Å². The van der Waals surface area contributed by atoms with E-state index in [0.717, 1.165) is 5.56 Å². The van der Waals surface area contributed by atoms with Crippen LogP contribution in [0.2, 0.25) is 10.0 Å². The molecule has 1 heterocycles. The van der Waals surface area contributed by atoms with Gasteiger partial charge in [-0.1, -0.05) is 47.5 Å². The van der Waals surface area contributed by atoms with Crippen molar-refractivity contribution in [1.29, 1.82) is 0 Å². The topological polar surface area (TPSA) is 24.9 Å². The Morgan fingerprint density at radius 1 is 1.09 bits per heavy atom. The number of hydrogen-bond acceptors (Lipinski definition) is 2. The number of aromatic nitrogens is 1. The van der Waals surface area contributed by atoms with E-state index in [1.54, 1.807) is 25.1 Å². The van der Waals surface area contributed by atoms with Crippen LogP contribution in [0.4, 0.5) is 10.2 Å². The Labute approximate surface area is 137 Å². The highest BCUT2D eigenvalue weighted by atomic mass is 35.5. The van der Waals surface area contributed by atoms with Gasteiger partial charge in [-0.05, 0) is 36.2 Å². The van der Waals surface area contributed by atoms with Crippen molar-refractivity contribution in [2.24, 2.45) is 0 Å². The largest absolute Gasteiger partial charge is 0.366 e. The van der Waals surface area contributed by atoms with Crippen LogP contribution in [-0.2, 0) is 6.54 Å². The molecule has 0 amide bonds. The van der Waals surface area contributed by atoms with E-state index in [9.17, 15) is 4.39 Å². The van der Waals surface area contributed by atoms with E-state index in [2.05, 4.69) is 10.3 Å². The molecule has 2 nitrogen and oxygen atoms in total. The third kappa shape index (κ3) is 3.01. The Balaban J connectivity index is 1.91. The Hall–Kier alpha value is -1.84. The van der Waals surface area contributed by atoms with Crippen LogP contribution in [0.5, 0.6) is 0 Å². The van der Waals surface area contributed by atoms with Crippen LogP contribution in [0.25, 0.3) is 10.9 Å². The molecule has 5 heteroatoms. The van der Waals surface area contributed by atoms with E-state index in [1.165, 1.54) is 0 Å². The minimum absolute atomic E-state index is 0.283. The number of aryl methyl sites for hydroxylation is 1. The first-order valence-electron chi connectivity index (χ1n) is 6.78. The fraction of sp³-hybridized carbons (Fsp3) is 0.118. The van der Waals surface area contributed by atoms with Crippen LogP contribution in [0, 0.1) is 12.7 Å². The van der Waals surface area contributed by atoms with Gasteiger partial charge in [0.2, 0.25) is 0 Å². The average Bonchev–Trinajstić information content (AvgIpc) is 2.51. The average molecular weight is 335 g/mol. The van der Waals surface area contributed by atoms with Gasteiger partial charge in [-0.2, -0.15) is 0 Å². The highest BCUT2D eigenvalue weighted by Crippen LogP contribution is 2.28. The van der Waals surface area contributed by atoms with E-state index in [1.807, 2.05) is 24.3 Å². The molecule has 0 atom stereocenters. The SMILES string of the molecule is Cc1ccc2c(Cl)cc(NCc3ccc(Cl)cc3)nc2c1F. The highest BCUT2D eigenvalue weighted by Gasteiger charge is 2.10. The molecule has 0 aliphatic carbocycles. The highest BCUT2D eigenvalue weighted by molar-refractivity contribution is 6.35. The lowest BCUT2D eigenvalue weighted by atomic mass is 10.1. The number of fused-ring (bicyclic) bond motifs is 1. The molecule has 0 fully saturated rings. The molecule has 22 heavy (non-hydrogen) atoms. The van der Waals surface area contributed by atoms with E-state index < -0.39 is 0 Å².